The molecule has 2 N–H and O–H groups in total. The van der Waals surface area contributed by atoms with Gasteiger partial charge >= 0.3 is 0 Å². The maximum absolute atomic E-state index is 14.6. The number of nitrogens with one attached hydrogen (secondary N) is 2. The SMILES string of the molecule is C.C.CNC1CCC(N(Cc2cc(-c3ccncc3)ccc2C)C(=O)c2sc3c(F)ccc(F)c3c2Cl)CC1.CNC1CCC(N(Cc2cc(-c3ccncc3)ccc2C)C(=O)c2sc3c(F)ccc(F)c3c2Cl)CC1.Cl.Cl.PPP(P)P(P)P. The Hall–Kier alpha value is -2.15. The molecule has 2 fully saturated rings. The Morgan fingerprint density at radius 1 is 0.576 bits per heavy atom. The number of fused-ring (bicyclic) bond motifs is 2. The zero-order chi connectivity index (χ0) is 58.1. The minimum atomic E-state index is -0.626. The quantitative estimate of drug-likeness (QED) is 0.0833. The van der Waals surface area contributed by atoms with Gasteiger partial charge in [0, 0.05) is 62.0 Å². The van der Waals surface area contributed by atoms with Crippen LogP contribution in [0.25, 0.3) is 42.4 Å². The monoisotopic (exact) mass is 1410 g/mol. The van der Waals surface area contributed by atoms with Crippen molar-refractivity contribution in [1.29, 1.82) is 0 Å². The van der Waals surface area contributed by atoms with Gasteiger partial charge in [-0.1, -0.05) is 70.3 Å². The number of rotatable bonds is 14. The maximum Gasteiger partial charge on any atom is 0.266 e. The van der Waals surface area contributed by atoms with Gasteiger partial charge in [-0.2, -0.15) is 0 Å². The van der Waals surface area contributed by atoms with Crippen molar-refractivity contribution in [3.8, 4) is 22.3 Å². The molecule has 4 aromatic heterocycles. The van der Waals surface area contributed by atoms with E-state index >= 15 is 0 Å². The van der Waals surface area contributed by atoms with Gasteiger partial charge in [0.1, 0.15) is 33.0 Å². The molecule has 0 bridgehead atoms. The summed E-state index contributed by atoms with van der Waals surface area (Å²) in [6.07, 6.45) is 14.2. The van der Waals surface area contributed by atoms with Crippen LogP contribution in [0.2, 0.25) is 10.0 Å². The van der Waals surface area contributed by atoms with E-state index in [1.54, 1.807) is 24.8 Å². The highest BCUT2D eigenvalue weighted by Crippen LogP contribution is 2.92. The normalized spacial score (nSPS) is 16.8. The number of halogens is 8. The molecule has 0 radical (unpaired) electrons. The third-order valence-electron chi connectivity index (χ3n) is 15.2. The van der Waals surface area contributed by atoms with Crippen LogP contribution >= 0.6 is 128 Å². The molecular weight excluding hydrogens is 1340 g/mol. The van der Waals surface area contributed by atoms with Crippen LogP contribution in [0.15, 0.2) is 110 Å². The first-order valence-electron chi connectivity index (χ1n) is 26.3. The van der Waals surface area contributed by atoms with Crippen molar-refractivity contribution in [2.24, 2.45) is 0 Å². The van der Waals surface area contributed by atoms with E-state index in [0.717, 1.165) is 151 Å². The van der Waals surface area contributed by atoms with Gasteiger partial charge < -0.3 is 20.4 Å². The minimum Gasteiger partial charge on any atom is -0.331 e. The predicted octanol–water partition coefficient (Wildman–Crippen LogP) is 20.5. The van der Waals surface area contributed by atoms with Gasteiger partial charge in [0.15, 0.2) is 0 Å². The second-order valence-corrected chi connectivity index (χ2v) is 45.0. The van der Waals surface area contributed by atoms with Gasteiger partial charge in [0.2, 0.25) is 0 Å². The third kappa shape index (κ3) is 18.5. The Kier molecular flexibility index (Phi) is 31.4. The lowest BCUT2D eigenvalue weighted by Crippen LogP contribution is -2.44. The van der Waals surface area contributed by atoms with Crippen LogP contribution in [0.4, 0.5) is 17.6 Å². The van der Waals surface area contributed by atoms with Crippen molar-refractivity contribution >= 4 is 160 Å². The molecule has 0 aliphatic heterocycles. The summed E-state index contributed by atoms with van der Waals surface area (Å²) in [4.78, 5) is 40.4. The fourth-order valence-electron chi connectivity index (χ4n) is 10.4. The number of benzene rings is 4. The van der Waals surface area contributed by atoms with Crippen LogP contribution in [0.1, 0.15) is 108 Å². The first-order valence-corrected chi connectivity index (χ1v) is 40.6. The molecule has 4 aromatic carbocycles. The average Bonchev–Trinajstić information content (AvgIpc) is 3.07. The molecule has 4 heterocycles. The fourth-order valence-corrected chi connectivity index (χ4v) is 29.5. The van der Waals surface area contributed by atoms with E-state index in [9.17, 15) is 27.2 Å². The second-order valence-electron chi connectivity index (χ2n) is 20.0. The van der Waals surface area contributed by atoms with Crippen molar-refractivity contribution in [3.05, 3.63) is 175 Å². The molecule has 8 aromatic rings. The van der Waals surface area contributed by atoms with Crippen LogP contribution in [-0.2, 0) is 13.1 Å². The van der Waals surface area contributed by atoms with Crippen LogP contribution in [-0.4, -0.2) is 69.8 Å². The minimum absolute atomic E-state index is 0. The number of thiophene rings is 2. The van der Waals surface area contributed by atoms with Crippen molar-refractivity contribution < 1.29 is 27.2 Å². The average molecular weight is 1410 g/mol. The number of amides is 2. The van der Waals surface area contributed by atoms with E-state index in [-0.39, 0.29) is 118 Å². The highest BCUT2D eigenvalue weighted by Gasteiger charge is 2.35. The predicted molar refractivity (Wildman–Crippen MR) is 381 cm³/mol. The van der Waals surface area contributed by atoms with Crippen LogP contribution in [0, 0.1) is 37.1 Å². The number of aryl methyl sites for hydroxylation is 2. The Morgan fingerprint density at radius 2 is 0.918 bits per heavy atom. The lowest BCUT2D eigenvalue weighted by Gasteiger charge is -2.37. The topological polar surface area (TPSA) is 90.5 Å². The Balaban J connectivity index is 0.000000314. The molecule has 2 aliphatic carbocycles. The molecule has 2 saturated carbocycles. The molecule has 6 unspecified atom stereocenters. The molecule has 0 saturated heterocycles. The highest BCUT2D eigenvalue weighted by molar-refractivity contribution is 8.98. The maximum atomic E-state index is 14.6. The highest BCUT2D eigenvalue weighted by atomic mass is 35.5. The number of nitrogens with zero attached hydrogens (tertiary/aromatic N) is 4. The summed E-state index contributed by atoms with van der Waals surface area (Å²) in [6.45, 7) is 5.28. The van der Waals surface area contributed by atoms with E-state index in [1.807, 2.05) is 62.0 Å². The van der Waals surface area contributed by atoms with Crippen molar-refractivity contribution in [2.75, 3.05) is 14.1 Å². The van der Waals surface area contributed by atoms with E-state index in [4.69, 9.17) is 23.2 Å². The fraction of sp³-hybridized carbons (Fsp3) is 0.333. The van der Waals surface area contributed by atoms with Gasteiger partial charge in [-0.15, -0.1) is 83.2 Å². The number of hydrogen-bond acceptors (Lipinski definition) is 8. The molecule has 10 rings (SSSR count). The summed E-state index contributed by atoms with van der Waals surface area (Å²) in [7, 11) is 16.3. The first kappa shape index (κ1) is 75.3. The molecule has 85 heavy (non-hydrogen) atoms. The number of aromatic nitrogens is 2. The van der Waals surface area contributed by atoms with E-state index in [1.165, 1.54) is 0 Å². The van der Waals surface area contributed by atoms with Gasteiger partial charge in [-0.05, 0) is 198 Å². The number of hydrogen-bond donors (Lipinski definition) is 2. The lowest BCUT2D eigenvalue weighted by molar-refractivity contribution is 0.0599. The summed E-state index contributed by atoms with van der Waals surface area (Å²) in [6, 6.07) is 25.4. The smallest absolute Gasteiger partial charge is 0.266 e. The molecular formula is C60H75Cl4F4N6O2P7S2. The van der Waals surface area contributed by atoms with Crippen molar-refractivity contribution in [3.63, 3.8) is 0 Å². The van der Waals surface area contributed by atoms with E-state index in [0.29, 0.717) is 25.2 Å². The zero-order valence-corrected chi connectivity index (χ0v) is 58.2. The number of carbonyl (C=O) groups is 2. The second kappa shape index (κ2) is 35.5. The Morgan fingerprint density at radius 3 is 1.21 bits per heavy atom. The Labute approximate surface area is 542 Å². The lowest BCUT2D eigenvalue weighted by atomic mass is 9.89. The van der Waals surface area contributed by atoms with Crippen molar-refractivity contribution in [2.45, 2.75) is 117 Å². The van der Waals surface area contributed by atoms with Crippen LogP contribution in [0.3, 0.4) is 0 Å². The molecule has 25 heteroatoms. The molecule has 2 aliphatic rings. The summed E-state index contributed by atoms with van der Waals surface area (Å²) >= 11 is 14.9. The molecule has 6 atom stereocenters. The summed E-state index contributed by atoms with van der Waals surface area (Å²) < 4.78 is 58.3. The zero-order valence-electron chi connectivity index (χ0n) is 46.0. The van der Waals surface area contributed by atoms with Gasteiger partial charge in [0.05, 0.1) is 30.2 Å². The van der Waals surface area contributed by atoms with E-state index < -0.39 is 23.3 Å². The molecule has 460 valence electrons. The Bertz CT molecular complexity index is 3260. The first-order chi connectivity index (χ1) is 38.9. The largest absolute Gasteiger partial charge is 0.331 e. The van der Waals surface area contributed by atoms with E-state index in [2.05, 4.69) is 92.7 Å². The van der Waals surface area contributed by atoms with Gasteiger partial charge in [-0.3, -0.25) is 19.6 Å². The number of carbonyl (C=O) groups excluding carboxylic acids is 2. The summed E-state index contributed by atoms with van der Waals surface area (Å²) in [5.41, 5.74) is 8.35. The molecule has 8 nitrogen and oxygen atoms in total. The van der Waals surface area contributed by atoms with Crippen LogP contribution in [0.5, 0.6) is 0 Å². The van der Waals surface area contributed by atoms with Gasteiger partial charge in [0.25, 0.3) is 11.8 Å². The summed E-state index contributed by atoms with van der Waals surface area (Å²) in [5, 5.41) is 6.60. The number of pyridine rings is 2. The van der Waals surface area contributed by atoms with Crippen molar-refractivity contribution in [1.82, 2.24) is 30.4 Å². The molecule has 2 amide bonds. The van der Waals surface area contributed by atoms with Crippen LogP contribution < -0.4 is 10.6 Å². The molecule has 0 spiro atoms. The van der Waals surface area contributed by atoms with Gasteiger partial charge in [-0.25, -0.2) is 17.6 Å². The summed E-state index contributed by atoms with van der Waals surface area (Å²) in [5.74, 6) is -2.98. The standard InChI is InChI=1S/2C29H28ClF2N3OS.2CH4.2ClH.H9P7/c2*1-17-3-4-19(18-11-13-34-14-12-18)15-20(17)16-35(22-7-5-21(33-2)6-8-22)29(36)28-26(30)25-23(31)9-10-24(32)27(25)37-28;;;;;1-5-7(4)6(2)3/h2*3-4,9-15,21-22,33H,5-8,16H2,1-2H3;2*1H4;2*1H;5H,1-4H2. The third-order valence-corrected chi connectivity index (χ3v) is 49.0.